The van der Waals surface area contributed by atoms with E-state index in [2.05, 4.69) is 21.2 Å². The van der Waals surface area contributed by atoms with Gasteiger partial charge in [0.25, 0.3) is 5.91 Å². The van der Waals surface area contributed by atoms with Gasteiger partial charge >= 0.3 is 0 Å². The highest BCUT2D eigenvalue weighted by molar-refractivity contribution is 9.11. The molecule has 2 aliphatic rings. The first kappa shape index (κ1) is 16.7. The molecule has 1 aliphatic carbocycles. The second-order valence-electron chi connectivity index (χ2n) is 5.87. The molecule has 0 saturated carbocycles. The standard InChI is InChI=1S/C17H17BrN2O4/c1-20-16(22)11-7-8-12(18)14(13(11)17(20)23)19-15(21)9-3-5-10(24-2)6-4-9/h3-6,8,11,13-14H,7H2,1-2H3,(H,19,21)/t11-,13-,14+/m0/s1. The van der Waals surface area contributed by atoms with Crippen LogP contribution in [0.2, 0.25) is 0 Å². The van der Waals surface area contributed by atoms with Crippen molar-refractivity contribution >= 4 is 33.7 Å². The quantitative estimate of drug-likeness (QED) is 0.794. The van der Waals surface area contributed by atoms with Crippen molar-refractivity contribution in [2.75, 3.05) is 14.2 Å². The third kappa shape index (κ3) is 2.73. The van der Waals surface area contributed by atoms with Gasteiger partial charge in [-0.3, -0.25) is 19.3 Å². The van der Waals surface area contributed by atoms with Gasteiger partial charge in [-0.05, 0) is 30.7 Å². The lowest BCUT2D eigenvalue weighted by atomic mass is 9.81. The molecule has 1 aliphatic heterocycles. The molecule has 1 aromatic rings. The van der Waals surface area contributed by atoms with Gasteiger partial charge in [-0.2, -0.15) is 0 Å². The number of hydrogen-bond donors (Lipinski definition) is 1. The van der Waals surface area contributed by atoms with Crippen molar-refractivity contribution < 1.29 is 19.1 Å². The molecule has 6 nitrogen and oxygen atoms in total. The normalized spacial score (nSPS) is 26.0. The van der Waals surface area contributed by atoms with E-state index in [1.165, 1.54) is 7.05 Å². The van der Waals surface area contributed by atoms with E-state index in [9.17, 15) is 14.4 Å². The van der Waals surface area contributed by atoms with Crippen molar-refractivity contribution in [3.05, 3.63) is 40.4 Å². The third-order valence-electron chi connectivity index (χ3n) is 4.56. The average molecular weight is 393 g/mol. The predicted octanol–water partition coefficient (Wildman–Crippen LogP) is 1.71. The van der Waals surface area contributed by atoms with Crippen LogP contribution in [-0.4, -0.2) is 42.8 Å². The Labute approximate surface area is 148 Å². The minimum atomic E-state index is -0.566. The average Bonchev–Trinajstić information content (AvgIpc) is 2.81. The lowest BCUT2D eigenvalue weighted by Crippen LogP contribution is -2.46. The Kier molecular flexibility index (Phi) is 4.45. The highest BCUT2D eigenvalue weighted by atomic mass is 79.9. The molecule has 1 fully saturated rings. The molecule has 3 amide bonds. The van der Waals surface area contributed by atoms with Crippen LogP contribution in [0, 0.1) is 11.8 Å². The van der Waals surface area contributed by atoms with Crippen LogP contribution in [0.4, 0.5) is 0 Å². The number of fused-ring (bicyclic) bond motifs is 1. The van der Waals surface area contributed by atoms with Gasteiger partial charge in [0.05, 0.1) is 25.0 Å². The number of amides is 3. The van der Waals surface area contributed by atoms with Gasteiger partial charge in [0.2, 0.25) is 11.8 Å². The first-order valence-electron chi connectivity index (χ1n) is 7.56. The Morgan fingerprint density at radius 1 is 1.25 bits per heavy atom. The summed E-state index contributed by atoms with van der Waals surface area (Å²) in [4.78, 5) is 38.2. The number of rotatable bonds is 3. The zero-order chi connectivity index (χ0) is 17.4. The molecule has 126 valence electrons. The van der Waals surface area contributed by atoms with E-state index in [1.54, 1.807) is 31.4 Å². The summed E-state index contributed by atoms with van der Waals surface area (Å²) in [7, 11) is 3.04. The van der Waals surface area contributed by atoms with Crippen LogP contribution in [-0.2, 0) is 9.59 Å². The molecule has 1 heterocycles. The highest BCUT2D eigenvalue weighted by Gasteiger charge is 2.51. The maximum atomic E-state index is 12.5. The molecule has 0 bridgehead atoms. The Morgan fingerprint density at radius 3 is 2.54 bits per heavy atom. The van der Waals surface area contributed by atoms with Crippen molar-refractivity contribution in [3.63, 3.8) is 0 Å². The minimum Gasteiger partial charge on any atom is -0.497 e. The number of benzene rings is 1. The Hall–Kier alpha value is -2.15. The molecule has 3 rings (SSSR count). The molecule has 1 saturated heterocycles. The highest BCUT2D eigenvalue weighted by Crippen LogP contribution is 2.39. The van der Waals surface area contributed by atoms with Gasteiger partial charge in [-0.25, -0.2) is 0 Å². The third-order valence-corrected chi connectivity index (χ3v) is 5.38. The second-order valence-corrected chi connectivity index (χ2v) is 6.79. The summed E-state index contributed by atoms with van der Waals surface area (Å²) in [6.45, 7) is 0. The Bertz CT molecular complexity index is 729. The lowest BCUT2D eigenvalue weighted by molar-refractivity contribution is -0.138. The molecule has 7 heteroatoms. The van der Waals surface area contributed by atoms with Gasteiger partial charge in [0, 0.05) is 17.1 Å². The largest absolute Gasteiger partial charge is 0.497 e. The number of nitrogens with zero attached hydrogens (tertiary/aromatic N) is 1. The molecule has 0 aromatic heterocycles. The molecule has 1 N–H and O–H groups in total. The van der Waals surface area contributed by atoms with Crippen molar-refractivity contribution in [2.45, 2.75) is 12.5 Å². The Balaban J connectivity index is 1.83. The van der Waals surface area contributed by atoms with Crippen molar-refractivity contribution in [1.29, 1.82) is 0 Å². The van der Waals surface area contributed by atoms with E-state index >= 15 is 0 Å². The maximum absolute atomic E-state index is 12.5. The monoisotopic (exact) mass is 392 g/mol. The van der Waals surface area contributed by atoms with Gasteiger partial charge < -0.3 is 10.1 Å². The zero-order valence-electron chi connectivity index (χ0n) is 13.3. The van der Waals surface area contributed by atoms with Crippen molar-refractivity contribution in [2.24, 2.45) is 11.8 Å². The number of allylic oxidation sites excluding steroid dienone is 1. The van der Waals surface area contributed by atoms with E-state index in [0.29, 0.717) is 17.7 Å². The second kappa shape index (κ2) is 6.39. The van der Waals surface area contributed by atoms with Gasteiger partial charge in [-0.1, -0.05) is 22.0 Å². The molecular weight excluding hydrogens is 376 g/mol. The van der Waals surface area contributed by atoms with E-state index in [1.807, 2.05) is 6.08 Å². The number of hydrogen-bond acceptors (Lipinski definition) is 4. The van der Waals surface area contributed by atoms with E-state index in [4.69, 9.17) is 4.74 Å². The fourth-order valence-corrected chi connectivity index (χ4v) is 3.78. The molecule has 3 atom stereocenters. The predicted molar refractivity (Wildman–Crippen MR) is 90.6 cm³/mol. The molecule has 0 radical (unpaired) electrons. The van der Waals surface area contributed by atoms with E-state index in [-0.39, 0.29) is 17.7 Å². The van der Waals surface area contributed by atoms with Crippen molar-refractivity contribution in [3.8, 4) is 5.75 Å². The van der Waals surface area contributed by atoms with E-state index in [0.717, 1.165) is 9.38 Å². The fraction of sp³-hybridized carbons (Fsp3) is 0.353. The lowest BCUT2D eigenvalue weighted by Gasteiger charge is -2.29. The fourth-order valence-electron chi connectivity index (χ4n) is 3.19. The minimum absolute atomic E-state index is 0.190. The summed E-state index contributed by atoms with van der Waals surface area (Å²) in [6.07, 6.45) is 2.35. The van der Waals surface area contributed by atoms with E-state index < -0.39 is 17.9 Å². The van der Waals surface area contributed by atoms with Crippen LogP contribution in [0.25, 0.3) is 0 Å². The number of carbonyl (C=O) groups is 3. The van der Waals surface area contributed by atoms with Gasteiger partial charge in [0.1, 0.15) is 5.75 Å². The van der Waals surface area contributed by atoms with Crippen molar-refractivity contribution in [1.82, 2.24) is 10.2 Å². The number of ether oxygens (including phenoxy) is 1. The molecule has 0 unspecified atom stereocenters. The number of imide groups is 1. The van der Waals surface area contributed by atoms with Crippen LogP contribution in [0.5, 0.6) is 5.75 Å². The first-order chi connectivity index (χ1) is 11.4. The molecule has 0 spiro atoms. The summed E-state index contributed by atoms with van der Waals surface area (Å²) in [6, 6.07) is 6.16. The van der Waals surface area contributed by atoms with Gasteiger partial charge in [0.15, 0.2) is 0 Å². The molecular formula is C17H17BrN2O4. The number of nitrogens with one attached hydrogen (secondary N) is 1. The summed E-state index contributed by atoms with van der Waals surface area (Å²) in [5, 5.41) is 2.87. The van der Waals surface area contributed by atoms with Crippen LogP contribution < -0.4 is 10.1 Å². The molecule has 24 heavy (non-hydrogen) atoms. The summed E-state index contributed by atoms with van der Waals surface area (Å²) in [5.41, 5.74) is 0.461. The Morgan fingerprint density at radius 2 is 1.92 bits per heavy atom. The number of carbonyl (C=O) groups excluding carboxylic acids is 3. The van der Waals surface area contributed by atoms with Crippen LogP contribution >= 0.6 is 15.9 Å². The first-order valence-corrected chi connectivity index (χ1v) is 8.35. The van der Waals surface area contributed by atoms with Gasteiger partial charge in [-0.15, -0.1) is 0 Å². The van der Waals surface area contributed by atoms with Crippen LogP contribution in [0.15, 0.2) is 34.8 Å². The summed E-state index contributed by atoms with van der Waals surface area (Å²) < 4.78 is 5.80. The maximum Gasteiger partial charge on any atom is 0.251 e. The number of halogens is 1. The number of likely N-dealkylation sites (tertiary alicyclic amines) is 1. The summed E-state index contributed by atoms with van der Waals surface area (Å²) >= 11 is 3.43. The van der Waals surface area contributed by atoms with Crippen LogP contribution in [0.1, 0.15) is 16.8 Å². The number of methoxy groups -OCH3 is 1. The summed E-state index contributed by atoms with van der Waals surface area (Å²) in [5.74, 6) is -1.07. The smallest absolute Gasteiger partial charge is 0.251 e. The molecule has 1 aromatic carbocycles. The zero-order valence-corrected chi connectivity index (χ0v) is 14.9. The topological polar surface area (TPSA) is 75.7 Å². The SMILES string of the molecule is COc1ccc(C(=O)N[C@@H]2C(Br)=CC[C@@H]3C(=O)N(C)C(=O)[C@@H]32)cc1. The van der Waals surface area contributed by atoms with Crippen LogP contribution in [0.3, 0.4) is 0 Å².